The number of fused-ring (bicyclic) bond motifs is 1. The lowest BCUT2D eigenvalue weighted by Crippen LogP contribution is -1.91. The molecule has 2 aromatic carbocycles. The molecule has 0 fully saturated rings. The molecule has 0 spiro atoms. The molecular weight excluding hydrogens is 258 g/mol. The van der Waals surface area contributed by atoms with Crippen LogP contribution in [0.15, 0.2) is 36.4 Å². The minimum Gasteiger partial charge on any atom is -0.495 e. The maximum Gasteiger partial charge on any atom is 0.143 e. The lowest BCUT2D eigenvalue weighted by molar-refractivity contribution is 0.417. The van der Waals surface area contributed by atoms with E-state index in [4.69, 9.17) is 16.2 Å². The molecule has 4 nitrogen and oxygen atoms in total. The van der Waals surface area contributed by atoms with Gasteiger partial charge in [0, 0.05) is 17.3 Å². The highest BCUT2D eigenvalue weighted by atomic mass is 32.1. The van der Waals surface area contributed by atoms with Gasteiger partial charge in [0.15, 0.2) is 0 Å². The summed E-state index contributed by atoms with van der Waals surface area (Å²) in [5.74, 6) is 0.654. The quantitative estimate of drug-likeness (QED) is 0.702. The molecule has 1 aromatic heterocycles. The zero-order valence-electron chi connectivity index (χ0n) is 10.4. The molecular formula is C14H13N3OS. The summed E-state index contributed by atoms with van der Waals surface area (Å²) in [5.41, 5.74) is 14.9. The number of hydrogen-bond donors (Lipinski definition) is 2. The van der Waals surface area contributed by atoms with Gasteiger partial charge in [-0.1, -0.05) is 0 Å². The Hall–Kier alpha value is -2.27. The van der Waals surface area contributed by atoms with Crippen molar-refractivity contribution in [2.75, 3.05) is 18.6 Å². The summed E-state index contributed by atoms with van der Waals surface area (Å²) in [5, 5.41) is 0.947. The fourth-order valence-electron chi connectivity index (χ4n) is 1.90. The summed E-state index contributed by atoms with van der Waals surface area (Å²) in [7, 11) is 1.60. The zero-order chi connectivity index (χ0) is 13.4. The number of hydrogen-bond acceptors (Lipinski definition) is 5. The summed E-state index contributed by atoms with van der Waals surface area (Å²) in [4.78, 5) is 4.60. The van der Waals surface area contributed by atoms with Crippen LogP contribution >= 0.6 is 11.3 Å². The minimum atomic E-state index is 0.627. The van der Waals surface area contributed by atoms with Gasteiger partial charge in [-0.2, -0.15) is 0 Å². The lowest BCUT2D eigenvalue weighted by atomic mass is 10.2. The van der Waals surface area contributed by atoms with Crippen LogP contribution in [0.2, 0.25) is 0 Å². The van der Waals surface area contributed by atoms with Crippen LogP contribution in [0.25, 0.3) is 20.8 Å². The number of nitrogen functional groups attached to an aromatic ring is 2. The highest BCUT2D eigenvalue weighted by Crippen LogP contribution is 2.35. The van der Waals surface area contributed by atoms with Crippen molar-refractivity contribution >= 4 is 32.9 Å². The van der Waals surface area contributed by atoms with Gasteiger partial charge in [0.25, 0.3) is 0 Å². The van der Waals surface area contributed by atoms with Crippen LogP contribution in [0.1, 0.15) is 0 Å². The van der Waals surface area contributed by atoms with Gasteiger partial charge >= 0.3 is 0 Å². The zero-order valence-corrected chi connectivity index (χ0v) is 11.2. The number of nitrogens with zero attached hydrogens (tertiary/aromatic N) is 1. The molecule has 1 heterocycles. The first-order valence-electron chi connectivity index (χ1n) is 5.77. The van der Waals surface area contributed by atoms with Crippen molar-refractivity contribution < 1.29 is 4.74 Å². The second kappa shape index (κ2) is 4.44. The molecule has 0 saturated carbocycles. The standard InChI is InChI=1S/C14H13N3OS/c1-18-12-7-11-13(6-10(12)16)19-14(17-11)8-2-4-9(15)5-3-8/h2-7H,15-16H2,1H3. The molecule has 0 unspecified atom stereocenters. The van der Waals surface area contributed by atoms with Crippen LogP contribution < -0.4 is 16.2 Å². The topological polar surface area (TPSA) is 74.2 Å². The van der Waals surface area contributed by atoms with Gasteiger partial charge in [-0.25, -0.2) is 4.98 Å². The van der Waals surface area contributed by atoms with Crippen molar-refractivity contribution in [1.82, 2.24) is 4.98 Å². The molecule has 4 N–H and O–H groups in total. The van der Waals surface area contributed by atoms with E-state index in [-0.39, 0.29) is 0 Å². The van der Waals surface area contributed by atoms with Crippen LogP contribution in [-0.2, 0) is 0 Å². The Labute approximate surface area is 114 Å². The number of rotatable bonds is 2. The highest BCUT2D eigenvalue weighted by Gasteiger charge is 2.09. The Morgan fingerprint density at radius 1 is 1.11 bits per heavy atom. The number of anilines is 2. The van der Waals surface area contributed by atoms with Crippen molar-refractivity contribution in [2.24, 2.45) is 0 Å². The molecule has 0 radical (unpaired) electrons. The highest BCUT2D eigenvalue weighted by molar-refractivity contribution is 7.21. The summed E-state index contributed by atoms with van der Waals surface area (Å²) in [6.45, 7) is 0. The van der Waals surface area contributed by atoms with Gasteiger partial charge < -0.3 is 16.2 Å². The van der Waals surface area contributed by atoms with Crippen molar-refractivity contribution in [1.29, 1.82) is 0 Å². The summed E-state index contributed by atoms with van der Waals surface area (Å²) in [6.07, 6.45) is 0. The molecule has 0 aliphatic rings. The Morgan fingerprint density at radius 2 is 1.84 bits per heavy atom. The van der Waals surface area contributed by atoms with E-state index >= 15 is 0 Å². The molecule has 96 valence electrons. The molecule has 0 atom stereocenters. The van der Waals surface area contributed by atoms with E-state index in [2.05, 4.69) is 4.98 Å². The van der Waals surface area contributed by atoms with Crippen molar-refractivity contribution in [3.8, 4) is 16.3 Å². The van der Waals surface area contributed by atoms with Gasteiger partial charge in [-0.3, -0.25) is 0 Å². The predicted octanol–water partition coefficient (Wildman–Crippen LogP) is 3.14. The maximum absolute atomic E-state index is 5.90. The first-order chi connectivity index (χ1) is 9.17. The summed E-state index contributed by atoms with van der Waals surface area (Å²) < 4.78 is 6.25. The Balaban J connectivity index is 2.13. The van der Waals surface area contributed by atoms with E-state index < -0.39 is 0 Å². The number of methoxy groups -OCH3 is 1. The average Bonchev–Trinajstić information content (AvgIpc) is 2.81. The van der Waals surface area contributed by atoms with Gasteiger partial charge in [-0.05, 0) is 30.3 Å². The first-order valence-corrected chi connectivity index (χ1v) is 6.59. The molecule has 0 aliphatic heterocycles. The third-order valence-corrected chi connectivity index (χ3v) is 3.96. The van der Waals surface area contributed by atoms with E-state index in [0.29, 0.717) is 11.4 Å². The Bertz CT molecular complexity index is 734. The molecule has 0 saturated heterocycles. The third kappa shape index (κ3) is 2.08. The van der Waals surface area contributed by atoms with Crippen molar-refractivity contribution in [3.05, 3.63) is 36.4 Å². The van der Waals surface area contributed by atoms with Crippen molar-refractivity contribution in [3.63, 3.8) is 0 Å². The average molecular weight is 271 g/mol. The van der Waals surface area contributed by atoms with E-state index in [0.717, 1.165) is 26.5 Å². The number of aromatic nitrogens is 1. The molecule has 3 aromatic rings. The van der Waals surface area contributed by atoms with E-state index in [1.807, 2.05) is 36.4 Å². The van der Waals surface area contributed by atoms with Crippen molar-refractivity contribution in [2.45, 2.75) is 0 Å². The SMILES string of the molecule is COc1cc2nc(-c3ccc(N)cc3)sc2cc1N. The van der Waals surface area contributed by atoms with Crippen LogP contribution in [-0.4, -0.2) is 12.1 Å². The largest absolute Gasteiger partial charge is 0.495 e. The van der Waals surface area contributed by atoms with Gasteiger partial charge in [0.05, 0.1) is 23.0 Å². The van der Waals surface area contributed by atoms with Crippen LogP contribution in [0.4, 0.5) is 11.4 Å². The molecule has 3 rings (SSSR count). The van der Waals surface area contributed by atoms with Gasteiger partial charge in [0.2, 0.25) is 0 Å². The summed E-state index contributed by atoms with van der Waals surface area (Å²) >= 11 is 1.60. The van der Waals surface area contributed by atoms with Gasteiger partial charge in [0.1, 0.15) is 10.8 Å². The Kier molecular flexibility index (Phi) is 2.76. The second-order valence-electron chi connectivity index (χ2n) is 4.20. The molecule has 0 aliphatic carbocycles. The smallest absolute Gasteiger partial charge is 0.143 e. The fraction of sp³-hybridized carbons (Fsp3) is 0.0714. The maximum atomic E-state index is 5.90. The molecule has 5 heteroatoms. The third-order valence-electron chi connectivity index (χ3n) is 2.90. The molecule has 19 heavy (non-hydrogen) atoms. The minimum absolute atomic E-state index is 0.627. The van der Waals surface area contributed by atoms with Crippen LogP contribution in [0, 0.1) is 0 Å². The number of thiazole rings is 1. The van der Waals surface area contributed by atoms with Crippen LogP contribution in [0.3, 0.4) is 0 Å². The van der Waals surface area contributed by atoms with E-state index in [1.54, 1.807) is 18.4 Å². The first kappa shape index (κ1) is 11.8. The fourth-order valence-corrected chi connectivity index (χ4v) is 2.90. The molecule has 0 amide bonds. The summed E-state index contributed by atoms with van der Waals surface area (Å²) in [6, 6.07) is 11.4. The number of ether oxygens (including phenoxy) is 1. The molecule has 0 bridgehead atoms. The van der Waals surface area contributed by atoms with Crippen LogP contribution in [0.5, 0.6) is 5.75 Å². The monoisotopic (exact) mass is 271 g/mol. The number of benzene rings is 2. The van der Waals surface area contributed by atoms with E-state index in [9.17, 15) is 0 Å². The Morgan fingerprint density at radius 3 is 2.53 bits per heavy atom. The second-order valence-corrected chi connectivity index (χ2v) is 5.23. The van der Waals surface area contributed by atoms with E-state index in [1.165, 1.54) is 0 Å². The number of nitrogens with two attached hydrogens (primary N) is 2. The predicted molar refractivity (Wildman–Crippen MR) is 80.4 cm³/mol. The lowest BCUT2D eigenvalue weighted by Gasteiger charge is -2.02. The normalized spacial score (nSPS) is 10.8. The van der Waals surface area contributed by atoms with Gasteiger partial charge in [-0.15, -0.1) is 11.3 Å².